The van der Waals surface area contributed by atoms with Crippen molar-refractivity contribution in [3.05, 3.63) is 42.0 Å². The molecule has 0 radical (unpaired) electrons. The van der Waals surface area contributed by atoms with E-state index in [4.69, 9.17) is 9.84 Å². The van der Waals surface area contributed by atoms with Crippen molar-refractivity contribution in [1.82, 2.24) is 0 Å². The lowest BCUT2D eigenvalue weighted by Gasteiger charge is -2.10. The zero-order valence-electron chi connectivity index (χ0n) is 11.2. The number of fused-ring (bicyclic) bond motifs is 1. The highest BCUT2D eigenvalue weighted by Gasteiger charge is 2.09. The summed E-state index contributed by atoms with van der Waals surface area (Å²) in [4.78, 5) is 10.7. The summed E-state index contributed by atoms with van der Waals surface area (Å²) in [5.41, 5.74) is 1.17. The molecule has 0 fully saturated rings. The van der Waals surface area contributed by atoms with E-state index in [0.29, 0.717) is 0 Å². The molecule has 0 aliphatic carbocycles. The number of carboxylic acid groups (broad SMARTS) is 1. The fourth-order valence-electron chi connectivity index (χ4n) is 2.30. The molecule has 2 aromatic rings. The van der Waals surface area contributed by atoms with Gasteiger partial charge in [0.25, 0.3) is 0 Å². The van der Waals surface area contributed by atoms with E-state index in [1.165, 1.54) is 5.56 Å². The molecule has 0 aliphatic rings. The molecule has 0 spiro atoms. The normalized spacial score (nSPS) is 12.3. The van der Waals surface area contributed by atoms with Gasteiger partial charge in [-0.25, -0.2) is 0 Å². The molecule has 3 nitrogen and oxygen atoms in total. The molecule has 0 aromatic heterocycles. The van der Waals surface area contributed by atoms with E-state index in [9.17, 15) is 4.79 Å². The summed E-state index contributed by atoms with van der Waals surface area (Å²) in [6.07, 6.45) is 0.995. The van der Waals surface area contributed by atoms with Crippen molar-refractivity contribution in [1.29, 1.82) is 0 Å². The van der Waals surface area contributed by atoms with Crippen molar-refractivity contribution in [3.8, 4) is 5.75 Å². The number of rotatable bonds is 5. The van der Waals surface area contributed by atoms with Crippen molar-refractivity contribution in [2.45, 2.75) is 19.8 Å². The first-order valence-electron chi connectivity index (χ1n) is 6.37. The van der Waals surface area contributed by atoms with Crippen LogP contribution in [0.15, 0.2) is 36.4 Å². The molecule has 0 heterocycles. The SMILES string of the molecule is COc1ccc2cc(CC(C)CC(=O)O)ccc2c1. The molecule has 1 atom stereocenters. The Morgan fingerprint density at radius 1 is 1.21 bits per heavy atom. The highest BCUT2D eigenvalue weighted by molar-refractivity contribution is 5.84. The van der Waals surface area contributed by atoms with Crippen LogP contribution in [0.2, 0.25) is 0 Å². The first-order chi connectivity index (χ1) is 9.08. The maximum atomic E-state index is 10.7. The monoisotopic (exact) mass is 258 g/mol. The highest BCUT2D eigenvalue weighted by atomic mass is 16.5. The molecule has 0 saturated heterocycles. The van der Waals surface area contributed by atoms with Crippen LogP contribution in [-0.2, 0) is 11.2 Å². The van der Waals surface area contributed by atoms with E-state index >= 15 is 0 Å². The van der Waals surface area contributed by atoms with E-state index in [1.807, 2.05) is 25.1 Å². The summed E-state index contributed by atoms with van der Waals surface area (Å²) in [5.74, 6) is 0.255. The number of carboxylic acids is 1. The van der Waals surface area contributed by atoms with Crippen LogP contribution in [0.5, 0.6) is 5.75 Å². The Morgan fingerprint density at radius 2 is 1.89 bits per heavy atom. The first-order valence-corrected chi connectivity index (χ1v) is 6.37. The number of aliphatic carboxylic acids is 1. The van der Waals surface area contributed by atoms with Crippen LogP contribution < -0.4 is 4.74 Å². The van der Waals surface area contributed by atoms with Crippen LogP contribution in [0.3, 0.4) is 0 Å². The molecule has 0 aliphatic heterocycles. The van der Waals surface area contributed by atoms with Crippen LogP contribution in [0.1, 0.15) is 18.9 Å². The van der Waals surface area contributed by atoms with E-state index < -0.39 is 5.97 Å². The molecule has 19 heavy (non-hydrogen) atoms. The van der Waals surface area contributed by atoms with Crippen LogP contribution in [0.25, 0.3) is 10.8 Å². The van der Waals surface area contributed by atoms with Gasteiger partial charge in [0.05, 0.1) is 7.11 Å². The Balaban J connectivity index is 2.19. The summed E-state index contributed by atoms with van der Waals surface area (Å²) in [5, 5.41) is 11.1. The van der Waals surface area contributed by atoms with Gasteiger partial charge in [-0.3, -0.25) is 4.79 Å². The third kappa shape index (κ3) is 3.47. The maximum absolute atomic E-state index is 10.7. The van der Waals surface area contributed by atoms with Gasteiger partial charge >= 0.3 is 5.97 Å². The Labute approximate surface area is 112 Å². The molecular weight excluding hydrogens is 240 g/mol. The zero-order valence-corrected chi connectivity index (χ0v) is 11.2. The minimum Gasteiger partial charge on any atom is -0.497 e. The Morgan fingerprint density at radius 3 is 2.58 bits per heavy atom. The maximum Gasteiger partial charge on any atom is 0.303 e. The van der Waals surface area contributed by atoms with Gasteiger partial charge in [0.2, 0.25) is 0 Å². The molecule has 0 bridgehead atoms. The number of carbonyl (C=O) groups is 1. The lowest BCUT2D eigenvalue weighted by molar-refractivity contribution is -0.137. The van der Waals surface area contributed by atoms with E-state index in [1.54, 1.807) is 7.11 Å². The van der Waals surface area contributed by atoms with Gasteiger partial charge in [-0.1, -0.05) is 31.2 Å². The lowest BCUT2D eigenvalue weighted by atomic mass is 9.96. The topological polar surface area (TPSA) is 46.5 Å². The van der Waals surface area contributed by atoms with E-state index in [-0.39, 0.29) is 12.3 Å². The second-order valence-corrected chi connectivity index (χ2v) is 4.95. The number of methoxy groups -OCH3 is 1. The predicted molar refractivity (Wildman–Crippen MR) is 75.6 cm³/mol. The standard InChI is InChI=1S/C16H18O3/c1-11(8-16(17)18)7-12-3-4-14-10-15(19-2)6-5-13(14)9-12/h3-6,9-11H,7-8H2,1-2H3,(H,17,18). The first kappa shape index (κ1) is 13.4. The van der Waals surface area contributed by atoms with Crippen LogP contribution >= 0.6 is 0 Å². The number of hydrogen-bond acceptors (Lipinski definition) is 2. The second kappa shape index (κ2) is 5.74. The predicted octanol–water partition coefficient (Wildman–Crippen LogP) is 3.50. The smallest absolute Gasteiger partial charge is 0.303 e. The van der Waals surface area contributed by atoms with Gasteiger partial charge in [0.15, 0.2) is 0 Å². The van der Waals surface area contributed by atoms with Gasteiger partial charge in [-0.15, -0.1) is 0 Å². The van der Waals surface area contributed by atoms with Crippen molar-refractivity contribution >= 4 is 16.7 Å². The van der Waals surface area contributed by atoms with Gasteiger partial charge in [-0.05, 0) is 40.8 Å². The zero-order chi connectivity index (χ0) is 13.8. The average molecular weight is 258 g/mol. The lowest BCUT2D eigenvalue weighted by Crippen LogP contribution is -2.06. The van der Waals surface area contributed by atoms with Crippen LogP contribution in [0.4, 0.5) is 0 Å². The number of hydrogen-bond donors (Lipinski definition) is 1. The fraction of sp³-hybridized carbons (Fsp3) is 0.312. The largest absolute Gasteiger partial charge is 0.497 e. The summed E-state index contributed by atoms with van der Waals surface area (Å²) < 4.78 is 5.20. The Bertz CT molecular complexity index is 590. The summed E-state index contributed by atoms with van der Waals surface area (Å²) in [6.45, 7) is 1.96. The van der Waals surface area contributed by atoms with Crippen molar-refractivity contribution < 1.29 is 14.6 Å². The number of benzene rings is 2. The van der Waals surface area contributed by atoms with E-state index in [2.05, 4.69) is 18.2 Å². The van der Waals surface area contributed by atoms with Crippen LogP contribution in [-0.4, -0.2) is 18.2 Å². The van der Waals surface area contributed by atoms with Crippen molar-refractivity contribution in [3.63, 3.8) is 0 Å². The Kier molecular flexibility index (Phi) is 4.05. The highest BCUT2D eigenvalue weighted by Crippen LogP contribution is 2.23. The van der Waals surface area contributed by atoms with E-state index in [0.717, 1.165) is 22.9 Å². The molecule has 3 heteroatoms. The van der Waals surface area contributed by atoms with Crippen molar-refractivity contribution in [2.75, 3.05) is 7.11 Å². The molecule has 100 valence electrons. The molecule has 0 saturated carbocycles. The quantitative estimate of drug-likeness (QED) is 0.892. The van der Waals surface area contributed by atoms with Crippen molar-refractivity contribution in [2.24, 2.45) is 5.92 Å². The molecule has 1 unspecified atom stereocenters. The second-order valence-electron chi connectivity index (χ2n) is 4.95. The summed E-state index contributed by atoms with van der Waals surface area (Å²) in [7, 11) is 1.66. The van der Waals surface area contributed by atoms with Gasteiger partial charge in [-0.2, -0.15) is 0 Å². The third-order valence-corrected chi connectivity index (χ3v) is 3.22. The fourth-order valence-corrected chi connectivity index (χ4v) is 2.30. The van der Waals surface area contributed by atoms with Gasteiger partial charge in [0, 0.05) is 6.42 Å². The number of ether oxygens (including phenoxy) is 1. The Hall–Kier alpha value is -2.03. The minimum absolute atomic E-state index is 0.146. The summed E-state index contributed by atoms with van der Waals surface area (Å²) >= 11 is 0. The van der Waals surface area contributed by atoms with Gasteiger partial charge in [0.1, 0.15) is 5.75 Å². The van der Waals surface area contributed by atoms with Gasteiger partial charge < -0.3 is 9.84 Å². The molecule has 2 rings (SSSR count). The molecule has 0 amide bonds. The van der Waals surface area contributed by atoms with Crippen LogP contribution in [0, 0.1) is 5.92 Å². The average Bonchev–Trinajstić information content (AvgIpc) is 2.37. The molecular formula is C16H18O3. The minimum atomic E-state index is -0.738. The third-order valence-electron chi connectivity index (χ3n) is 3.22. The summed E-state index contributed by atoms with van der Waals surface area (Å²) in [6, 6.07) is 12.2. The molecule has 2 aromatic carbocycles. The molecule has 1 N–H and O–H groups in total.